The predicted molar refractivity (Wildman–Crippen MR) is 395 cm³/mol. The maximum atomic E-state index is 13.1. The van der Waals surface area contributed by atoms with E-state index in [0.717, 1.165) is 95.8 Å². The fourth-order valence-corrected chi connectivity index (χ4v) is 13.6. The van der Waals surface area contributed by atoms with Gasteiger partial charge in [0.25, 0.3) is 0 Å². The van der Waals surface area contributed by atoms with Crippen molar-refractivity contribution in [3.05, 3.63) is 0 Å². The first-order valence-electron chi connectivity index (χ1n) is 40.6. The second-order valence-corrected chi connectivity index (χ2v) is 31.5. The molecule has 0 spiro atoms. The molecule has 0 aromatic carbocycles. The molecular weight excluding hydrogens is 1270 g/mol. The molecule has 5 atom stereocenters. The van der Waals surface area contributed by atoms with Crippen LogP contribution in [0.2, 0.25) is 0 Å². The summed E-state index contributed by atoms with van der Waals surface area (Å²) in [7, 11) is -9.91. The molecule has 0 amide bonds. The fraction of sp³-hybridized carbons (Fsp3) is 0.949. The van der Waals surface area contributed by atoms with Crippen molar-refractivity contribution in [3.63, 3.8) is 0 Å². The number of carbonyl (C=O) groups is 4. The van der Waals surface area contributed by atoms with Crippen LogP contribution in [0.1, 0.15) is 413 Å². The third-order valence-corrected chi connectivity index (χ3v) is 20.2. The maximum Gasteiger partial charge on any atom is 0.472 e. The van der Waals surface area contributed by atoms with Gasteiger partial charge >= 0.3 is 39.5 Å². The number of carbonyl (C=O) groups excluding carboxylic acids is 4. The van der Waals surface area contributed by atoms with Gasteiger partial charge in [0.2, 0.25) is 0 Å². The van der Waals surface area contributed by atoms with Crippen molar-refractivity contribution in [2.24, 2.45) is 5.92 Å². The van der Waals surface area contributed by atoms with Crippen LogP contribution in [0.4, 0.5) is 0 Å². The maximum absolute atomic E-state index is 13.1. The lowest BCUT2D eigenvalue weighted by Crippen LogP contribution is -2.30. The topological polar surface area (TPSA) is 237 Å². The minimum atomic E-state index is -4.96. The number of unbranched alkanes of at least 4 members (excludes halogenated alkanes) is 50. The zero-order chi connectivity index (χ0) is 71.2. The van der Waals surface area contributed by atoms with Crippen LogP contribution in [0.25, 0.3) is 0 Å². The van der Waals surface area contributed by atoms with E-state index in [1.54, 1.807) is 0 Å². The average molecular weight is 1420 g/mol. The highest BCUT2D eigenvalue weighted by Crippen LogP contribution is 2.45. The van der Waals surface area contributed by atoms with Crippen LogP contribution >= 0.6 is 15.6 Å². The third-order valence-electron chi connectivity index (χ3n) is 18.3. The molecule has 0 fully saturated rings. The van der Waals surface area contributed by atoms with E-state index in [0.29, 0.717) is 25.7 Å². The van der Waals surface area contributed by atoms with E-state index in [1.807, 2.05) is 0 Å². The number of ether oxygens (including phenoxy) is 4. The summed E-state index contributed by atoms with van der Waals surface area (Å²) in [6, 6.07) is 0. The summed E-state index contributed by atoms with van der Waals surface area (Å²) in [5, 5.41) is 10.6. The van der Waals surface area contributed by atoms with Crippen LogP contribution < -0.4 is 0 Å². The molecule has 3 N–H and O–H groups in total. The molecular formula is C78H152O17P2. The van der Waals surface area contributed by atoms with Gasteiger partial charge in [-0.1, -0.05) is 362 Å². The molecule has 0 aliphatic heterocycles. The molecule has 0 saturated carbocycles. The number of hydrogen-bond donors (Lipinski definition) is 3. The van der Waals surface area contributed by atoms with Gasteiger partial charge in [-0.05, 0) is 31.6 Å². The largest absolute Gasteiger partial charge is 0.472 e. The van der Waals surface area contributed by atoms with E-state index in [1.165, 1.54) is 238 Å². The van der Waals surface area contributed by atoms with Crippen LogP contribution in [0.3, 0.4) is 0 Å². The monoisotopic (exact) mass is 1420 g/mol. The Labute approximate surface area is 594 Å². The number of aliphatic hydroxyl groups is 1. The summed E-state index contributed by atoms with van der Waals surface area (Å²) in [5.41, 5.74) is 0. The molecule has 0 rings (SSSR count). The molecule has 19 heteroatoms. The predicted octanol–water partition coefficient (Wildman–Crippen LogP) is 23.3. The number of esters is 4. The molecule has 576 valence electrons. The van der Waals surface area contributed by atoms with Crippen LogP contribution in [0.15, 0.2) is 0 Å². The Kier molecular flexibility index (Phi) is 69.6. The Hall–Kier alpha value is -1.94. The molecule has 17 nitrogen and oxygen atoms in total. The third kappa shape index (κ3) is 72.2. The van der Waals surface area contributed by atoms with E-state index in [2.05, 4.69) is 34.6 Å². The standard InChI is InChI=1S/C78H152O17P2/c1-6-9-12-15-18-21-22-23-24-25-26-27-28-29-32-36-39-44-49-54-59-64-78(83)95-74(68-89-76(81)62-57-52-47-43-38-35-33-30-31-34-37-42-45-50-55-60-71(4)5)70-93-97(86,87)91-66-72(79)65-90-96(84,85)92-69-73(94-77(82)63-58-53-48-41-20-17-14-11-8-3)67-88-75(80)61-56-51-46-40-19-16-13-10-7-2/h71-74,79H,6-70H2,1-5H3,(H,84,85)(H,86,87)/t72-,73+,74+/m0/s1. The minimum Gasteiger partial charge on any atom is -0.462 e. The summed E-state index contributed by atoms with van der Waals surface area (Å²) < 4.78 is 68.5. The molecule has 0 aliphatic rings. The van der Waals surface area contributed by atoms with E-state index in [-0.39, 0.29) is 25.7 Å². The number of rotatable bonds is 78. The molecule has 97 heavy (non-hydrogen) atoms. The van der Waals surface area contributed by atoms with E-state index >= 15 is 0 Å². The zero-order valence-electron chi connectivity index (χ0n) is 63.2. The lowest BCUT2D eigenvalue weighted by Gasteiger charge is -2.21. The first-order chi connectivity index (χ1) is 47.0. The van der Waals surface area contributed by atoms with Crippen molar-refractivity contribution in [3.8, 4) is 0 Å². The van der Waals surface area contributed by atoms with Gasteiger partial charge in [0.15, 0.2) is 12.2 Å². The average Bonchev–Trinajstić information content (AvgIpc) is 1.26. The molecule has 0 aromatic rings. The Morgan fingerprint density at radius 2 is 0.474 bits per heavy atom. The second-order valence-electron chi connectivity index (χ2n) is 28.6. The zero-order valence-corrected chi connectivity index (χ0v) is 65.0. The quantitative estimate of drug-likeness (QED) is 0.0222. The molecule has 0 bridgehead atoms. The molecule has 0 saturated heterocycles. The van der Waals surface area contributed by atoms with Gasteiger partial charge in [-0.15, -0.1) is 0 Å². The van der Waals surface area contributed by atoms with Crippen molar-refractivity contribution >= 4 is 39.5 Å². The van der Waals surface area contributed by atoms with Gasteiger partial charge in [-0.2, -0.15) is 0 Å². The van der Waals surface area contributed by atoms with Crippen molar-refractivity contribution in [1.29, 1.82) is 0 Å². The Bertz CT molecular complexity index is 1860. The van der Waals surface area contributed by atoms with Gasteiger partial charge < -0.3 is 33.8 Å². The molecule has 0 radical (unpaired) electrons. The highest BCUT2D eigenvalue weighted by molar-refractivity contribution is 7.47. The Morgan fingerprint density at radius 1 is 0.278 bits per heavy atom. The first kappa shape index (κ1) is 95.1. The summed E-state index contributed by atoms with van der Waals surface area (Å²) in [6.07, 6.45) is 61.2. The van der Waals surface area contributed by atoms with Crippen molar-refractivity contribution < 1.29 is 80.2 Å². The van der Waals surface area contributed by atoms with Crippen LogP contribution in [0.5, 0.6) is 0 Å². The lowest BCUT2D eigenvalue weighted by molar-refractivity contribution is -0.161. The molecule has 0 aliphatic carbocycles. The minimum absolute atomic E-state index is 0.106. The fourth-order valence-electron chi connectivity index (χ4n) is 12.1. The molecule has 0 heterocycles. The van der Waals surface area contributed by atoms with Gasteiger partial charge in [0.05, 0.1) is 26.4 Å². The Balaban J connectivity index is 5.16. The van der Waals surface area contributed by atoms with E-state index in [4.69, 9.17) is 37.0 Å². The van der Waals surface area contributed by atoms with Crippen LogP contribution in [-0.2, 0) is 65.4 Å². The summed E-state index contributed by atoms with van der Waals surface area (Å²) in [4.78, 5) is 72.7. The van der Waals surface area contributed by atoms with Gasteiger partial charge in [-0.3, -0.25) is 37.3 Å². The smallest absolute Gasteiger partial charge is 0.462 e. The Morgan fingerprint density at radius 3 is 0.701 bits per heavy atom. The number of phosphoric ester groups is 2. The normalized spacial score (nSPS) is 13.9. The first-order valence-corrected chi connectivity index (χ1v) is 43.6. The van der Waals surface area contributed by atoms with E-state index < -0.39 is 97.5 Å². The van der Waals surface area contributed by atoms with E-state index in [9.17, 15) is 43.2 Å². The lowest BCUT2D eigenvalue weighted by atomic mass is 10.0. The summed E-state index contributed by atoms with van der Waals surface area (Å²) >= 11 is 0. The van der Waals surface area contributed by atoms with Crippen molar-refractivity contribution in [2.75, 3.05) is 39.6 Å². The van der Waals surface area contributed by atoms with Crippen molar-refractivity contribution in [2.45, 2.75) is 432 Å². The highest BCUT2D eigenvalue weighted by atomic mass is 31.2. The highest BCUT2D eigenvalue weighted by Gasteiger charge is 2.30. The van der Waals surface area contributed by atoms with Crippen LogP contribution in [0, 0.1) is 5.92 Å². The second kappa shape index (κ2) is 71.1. The van der Waals surface area contributed by atoms with Gasteiger partial charge in [-0.25, -0.2) is 9.13 Å². The summed E-state index contributed by atoms with van der Waals surface area (Å²) in [5.74, 6) is -1.31. The molecule has 0 aromatic heterocycles. The number of phosphoric acid groups is 2. The van der Waals surface area contributed by atoms with Crippen molar-refractivity contribution in [1.82, 2.24) is 0 Å². The van der Waals surface area contributed by atoms with Gasteiger partial charge in [0, 0.05) is 25.7 Å². The number of hydrogen-bond acceptors (Lipinski definition) is 15. The summed E-state index contributed by atoms with van der Waals surface area (Å²) in [6.45, 7) is 7.30. The number of aliphatic hydroxyl groups excluding tert-OH is 1. The molecule has 2 unspecified atom stereocenters. The van der Waals surface area contributed by atoms with Gasteiger partial charge in [0.1, 0.15) is 19.3 Å². The SMILES string of the molecule is CCCCCCCCCCCCCCCCCCCCCCCC(=O)O[C@H](COC(=O)CCCCCCCCCCCCCCCCCC(C)C)COP(=O)(O)OC[C@@H](O)COP(=O)(O)OC[C@@H](COC(=O)CCCCCCCCCCC)OC(=O)CCCCCCCCCCC. The van der Waals surface area contributed by atoms with Crippen LogP contribution in [-0.4, -0.2) is 96.7 Å².